The normalized spacial score (nSPS) is 12.6. The molecule has 0 spiro atoms. The van der Waals surface area contributed by atoms with E-state index in [0.29, 0.717) is 12.8 Å². The molecule has 1 N–H and O–H groups in total. The third-order valence-electron chi connectivity index (χ3n) is 1.70. The predicted molar refractivity (Wildman–Crippen MR) is 51.6 cm³/mol. The quantitative estimate of drug-likeness (QED) is 0.590. The number of alkyl halides is 5. The van der Waals surface area contributed by atoms with Gasteiger partial charge in [0.2, 0.25) is 0 Å². The Bertz CT molecular complexity index is 231. The standard InChI is InChI=1S/C8H12F5NOS/c1-16-5-3-2-4-14-6(15)7(9,10)8(11,12)13/h2-5H2,1H3,(H,14,15). The molecule has 2 nitrogen and oxygen atoms in total. The number of rotatable bonds is 6. The van der Waals surface area contributed by atoms with Gasteiger partial charge >= 0.3 is 12.1 Å². The topological polar surface area (TPSA) is 29.1 Å². The van der Waals surface area contributed by atoms with Gasteiger partial charge in [0.05, 0.1) is 0 Å². The molecule has 0 unspecified atom stereocenters. The molecular weight excluding hydrogens is 253 g/mol. The molecule has 0 atom stereocenters. The van der Waals surface area contributed by atoms with Crippen molar-refractivity contribution in [2.24, 2.45) is 0 Å². The highest BCUT2D eigenvalue weighted by Gasteiger charge is 2.63. The Kier molecular flexibility index (Phi) is 6.06. The summed E-state index contributed by atoms with van der Waals surface area (Å²) >= 11 is 1.53. The van der Waals surface area contributed by atoms with Crippen molar-refractivity contribution in [3.05, 3.63) is 0 Å². The van der Waals surface area contributed by atoms with Gasteiger partial charge in [0.1, 0.15) is 0 Å². The number of carbonyl (C=O) groups excluding carboxylic acids is 1. The van der Waals surface area contributed by atoms with Crippen LogP contribution < -0.4 is 5.32 Å². The van der Waals surface area contributed by atoms with Gasteiger partial charge in [0, 0.05) is 6.54 Å². The SMILES string of the molecule is CSCCCCNC(=O)C(F)(F)C(F)(F)F. The highest BCUT2D eigenvalue weighted by Crippen LogP contribution is 2.35. The van der Waals surface area contributed by atoms with E-state index in [1.165, 1.54) is 11.8 Å². The number of hydrogen-bond donors (Lipinski definition) is 1. The third kappa shape index (κ3) is 4.54. The minimum atomic E-state index is -5.84. The van der Waals surface area contributed by atoms with E-state index in [9.17, 15) is 26.7 Å². The summed E-state index contributed by atoms with van der Waals surface area (Å²) in [6.07, 6.45) is -2.97. The molecule has 0 aromatic heterocycles. The molecule has 8 heteroatoms. The fourth-order valence-corrected chi connectivity index (χ4v) is 1.31. The molecule has 0 saturated heterocycles. The van der Waals surface area contributed by atoms with E-state index in [4.69, 9.17) is 0 Å². The molecule has 0 fully saturated rings. The minimum Gasteiger partial charge on any atom is -0.351 e. The summed E-state index contributed by atoms with van der Waals surface area (Å²) < 4.78 is 59.8. The fraction of sp³-hybridized carbons (Fsp3) is 0.875. The van der Waals surface area contributed by atoms with E-state index in [1.807, 2.05) is 6.26 Å². The molecule has 96 valence electrons. The van der Waals surface area contributed by atoms with E-state index < -0.39 is 18.0 Å². The number of nitrogens with one attached hydrogen (secondary N) is 1. The maximum atomic E-state index is 12.4. The second-order valence-electron chi connectivity index (χ2n) is 3.03. The van der Waals surface area contributed by atoms with Crippen LogP contribution in [0.2, 0.25) is 0 Å². The smallest absolute Gasteiger partial charge is 0.351 e. The van der Waals surface area contributed by atoms with Gasteiger partial charge in [-0.3, -0.25) is 4.79 Å². The zero-order valence-electron chi connectivity index (χ0n) is 8.53. The zero-order valence-corrected chi connectivity index (χ0v) is 9.35. The van der Waals surface area contributed by atoms with Crippen LogP contribution in [0, 0.1) is 0 Å². The average molecular weight is 265 g/mol. The molecule has 0 radical (unpaired) electrons. The Morgan fingerprint density at radius 1 is 1.19 bits per heavy atom. The summed E-state index contributed by atoms with van der Waals surface area (Å²) in [7, 11) is 0. The maximum absolute atomic E-state index is 12.4. The Hall–Kier alpha value is -0.530. The number of thioether (sulfide) groups is 1. The van der Waals surface area contributed by atoms with E-state index in [0.717, 1.165) is 5.75 Å². The molecule has 0 aliphatic rings. The number of halogens is 5. The first-order valence-corrected chi connectivity index (χ1v) is 5.84. The van der Waals surface area contributed by atoms with E-state index in [-0.39, 0.29) is 6.54 Å². The van der Waals surface area contributed by atoms with Crippen molar-refractivity contribution >= 4 is 17.7 Å². The predicted octanol–water partition coefficient (Wildman–Crippen LogP) is 2.44. The molecule has 0 aliphatic heterocycles. The summed E-state index contributed by atoms with van der Waals surface area (Å²) in [6.45, 7) is -0.176. The number of amides is 1. The second kappa shape index (κ2) is 6.27. The van der Waals surface area contributed by atoms with Crippen LogP contribution in [0.5, 0.6) is 0 Å². The first kappa shape index (κ1) is 15.5. The second-order valence-corrected chi connectivity index (χ2v) is 4.01. The number of carbonyl (C=O) groups is 1. The van der Waals surface area contributed by atoms with Crippen LogP contribution in [0.3, 0.4) is 0 Å². The molecule has 0 rings (SSSR count). The molecule has 0 heterocycles. The molecule has 16 heavy (non-hydrogen) atoms. The fourth-order valence-electron chi connectivity index (χ4n) is 0.813. The van der Waals surface area contributed by atoms with Crippen molar-refractivity contribution in [1.82, 2.24) is 5.32 Å². The summed E-state index contributed by atoms with van der Waals surface area (Å²) in [5, 5.41) is 1.57. The molecule has 0 aromatic carbocycles. The lowest BCUT2D eigenvalue weighted by Gasteiger charge is -2.18. The lowest BCUT2D eigenvalue weighted by Crippen LogP contribution is -2.50. The molecule has 0 saturated carbocycles. The van der Waals surface area contributed by atoms with Crippen molar-refractivity contribution in [3.63, 3.8) is 0 Å². The van der Waals surface area contributed by atoms with Crippen LogP contribution in [0.4, 0.5) is 22.0 Å². The molecular formula is C8H12F5NOS. The van der Waals surface area contributed by atoms with Crippen LogP contribution in [0.1, 0.15) is 12.8 Å². The monoisotopic (exact) mass is 265 g/mol. The van der Waals surface area contributed by atoms with Gasteiger partial charge in [0.15, 0.2) is 0 Å². The van der Waals surface area contributed by atoms with Gasteiger partial charge in [-0.1, -0.05) is 0 Å². The summed E-state index contributed by atoms with van der Waals surface area (Å²) in [6, 6.07) is 0. The minimum absolute atomic E-state index is 0.176. The van der Waals surface area contributed by atoms with Crippen molar-refractivity contribution in [2.45, 2.75) is 24.9 Å². The van der Waals surface area contributed by atoms with Crippen molar-refractivity contribution < 1.29 is 26.7 Å². The van der Waals surface area contributed by atoms with Gasteiger partial charge in [-0.25, -0.2) is 0 Å². The number of hydrogen-bond acceptors (Lipinski definition) is 2. The van der Waals surface area contributed by atoms with Gasteiger partial charge in [-0.15, -0.1) is 0 Å². The van der Waals surface area contributed by atoms with Gasteiger partial charge in [-0.05, 0) is 24.9 Å². The van der Waals surface area contributed by atoms with Gasteiger partial charge < -0.3 is 5.32 Å². The van der Waals surface area contributed by atoms with E-state index in [2.05, 4.69) is 0 Å². The highest BCUT2D eigenvalue weighted by molar-refractivity contribution is 7.98. The Morgan fingerprint density at radius 2 is 1.75 bits per heavy atom. The molecule has 0 aliphatic carbocycles. The van der Waals surface area contributed by atoms with E-state index >= 15 is 0 Å². The van der Waals surface area contributed by atoms with Crippen molar-refractivity contribution in [2.75, 3.05) is 18.6 Å². The van der Waals surface area contributed by atoms with Crippen LogP contribution >= 0.6 is 11.8 Å². The molecule has 1 amide bonds. The Balaban J connectivity index is 3.98. The van der Waals surface area contributed by atoms with Crippen LogP contribution in [0.15, 0.2) is 0 Å². The van der Waals surface area contributed by atoms with E-state index in [1.54, 1.807) is 5.32 Å². The van der Waals surface area contributed by atoms with Gasteiger partial charge in [-0.2, -0.15) is 33.7 Å². The molecule has 0 aromatic rings. The maximum Gasteiger partial charge on any atom is 0.463 e. The van der Waals surface area contributed by atoms with Crippen molar-refractivity contribution in [1.29, 1.82) is 0 Å². The number of unbranched alkanes of at least 4 members (excludes halogenated alkanes) is 1. The highest BCUT2D eigenvalue weighted by atomic mass is 32.2. The van der Waals surface area contributed by atoms with Gasteiger partial charge in [0.25, 0.3) is 5.91 Å². The summed E-state index contributed by atoms with van der Waals surface area (Å²) in [5.41, 5.74) is 0. The Morgan fingerprint density at radius 3 is 2.19 bits per heavy atom. The Labute approximate surface area is 94.0 Å². The average Bonchev–Trinajstić information content (AvgIpc) is 2.15. The zero-order chi connectivity index (χ0) is 12.8. The summed E-state index contributed by atoms with van der Waals surface area (Å²) in [5.74, 6) is -6.83. The van der Waals surface area contributed by atoms with Crippen LogP contribution in [0.25, 0.3) is 0 Å². The largest absolute Gasteiger partial charge is 0.463 e. The lowest BCUT2D eigenvalue weighted by molar-refractivity contribution is -0.269. The first-order valence-electron chi connectivity index (χ1n) is 4.45. The molecule has 0 bridgehead atoms. The lowest BCUT2D eigenvalue weighted by atomic mass is 10.3. The van der Waals surface area contributed by atoms with Crippen LogP contribution in [-0.4, -0.2) is 36.6 Å². The van der Waals surface area contributed by atoms with Crippen molar-refractivity contribution in [3.8, 4) is 0 Å². The third-order valence-corrected chi connectivity index (χ3v) is 2.40. The first-order chi connectivity index (χ1) is 7.23. The summed E-state index contributed by atoms with van der Waals surface area (Å²) in [4.78, 5) is 10.6. The van der Waals surface area contributed by atoms with Crippen LogP contribution in [-0.2, 0) is 4.79 Å².